The van der Waals surface area contributed by atoms with E-state index in [0.717, 1.165) is 25.1 Å². The Morgan fingerprint density at radius 3 is 2.60 bits per heavy atom. The lowest BCUT2D eigenvalue weighted by Gasteiger charge is -2.22. The zero-order valence-electron chi connectivity index (χ0n) is 11.4. The molecule has 0 bridgehead atoms. The van der Waals surface area contributed by atoms with Crippen molar-refractivity contribution in [3.05, 3.63) is 29.8 Å². The monoisotopic (exact) mass is 283 g/mol. The molecule has 1 aromatic carbocycles. The third kappa shape index (κ3) is 3.07. The van der Waals surface area contributed by atoms with E-state index in [1.54, 1.807) is 4.90 Å². The summed E-state index contributed by atoms with van der Waals surface area (Å²) < 4.78 is 43.9. The van der Waals surface area contributed by atoms with Gasteiger partial charge in [0, 0.05) is 11.6 Å². The van der Waals surface area contributed by atoms with E-state index in [-0.39, 0.29) is 0 Å². The van der Waals surface area contributed by atoms with Crippen molar-refractivity contribution in [3.8, 4) is 12.0 Å². The third-order valence-electron chi connectivity index (χ3n) is 3.21. The van der Waals surface area contributed by atoms with E-state index in [1.807, 2.05) is 24.3 Å². The highest BCUT2D eigenvalue weighted by Gasteiger charge is 2.46. The van der Waals surface area contributed by atoms with Crippen molar-refractivity contribution in [1.82, 2.24) is 0 Å². The van der Waals surface area contributed by atoms with Gasteiger partial charge in [-0.25, -0.2) is 0 Å². The first-order chi connectivity index (χ1) is 9.31. The van der Waals surface area contributed by atoms with Gasteiger partial charge in [0.1, 0.15) is 5.41 Å². The molecule has 2 nitrogen and oxygen atoms in total. The zero-order chi connectivity index (χ0) is 14.8. The first-order valence-corrected chi connectivity index (χ1v) is 6.34. The van der Waals surface area contributed by atoms with Gasteiger partial charge in [0.05, 0.1) is 25.4 Å². The minimum absolute atomic E-state index is 0.440. The van der Waals surface area contributed by atoms with Crippen molar-refractivity contribution >= 4 is 5.69 Å². The number of halogens is 3. The summed E-state index contributed by atoms with van der Waals surface area (Å²) in [6.45, 7) is 3.52. The Labute approximate surface area is 116 Å². The fraction of sp³-hybridized carbons (Fsp3) is 0.467. The molecule has 1 aliphatic rings. The summed E-state index contributed by atoms with van der Waals surface area (Å²) in [7, 11) is 0. The Kier molecular flexibility index (Phi) is 3.96. The fourth-order valence-corrected chi connectivity index (χ4v) is 1.75. The molecular weight excluding hydrogens is 267 g/mol. The van der Waals surface area contributed by atoms with Crippen LogP contribution in [0.4, 0.5) is 18.9 Å². The van der Waals surface area contributed by atoms with Crippen LogP contribution >= 0.6 is 0 Å². The van der Waals surface area contributed by atoms with Gasteiger partial charge in [-0.15, -0.1) is 0 Å². The molecule has 0 fully saturated rings. The second-order valence-corrected chi connectivity index (χ2v) is 5.19. The molecule has 5 heteroatoms. The number of para-hydroxylation sites is 1. The molecule has 108 valence electrons. The lowest BCUT2D eigenvalue weighted by atomic mass is 9.94. The predicted molar refractivity (Wildman–Crippen MR) is 71.1 cm³/mol. The number of hydrogen-bond donors (Lipinski definition) is 0. The van der Waals surface area contributed by atoms with Gasteiger partial charge < -0.3 is 4.74 Å². The van der Waals surface area contributed by atoms with Crippen LogP contribution in [0.3, 0.4) is 0 Å². The molecule has 0 aromatic heterocycles. The summed E-state index contributed by atoms with van der Waals surface area (Å²) in [5.74, 6) is 2.33. The Morgan fingerprint density at radius 1 is 1.20 bits per heavy atom. The number of fused-ring (bicyclic) bond motifs is 1. The van der Waals surface area contributed by atoms with E-state index >= 15 is 0 Å². The van der Waals surface area contributed by atoms with E-state index in [2.05, 4.69) is 12.0 Å². The number of nitrogens with zero attached hydrogens (tertiary/aromatic N) is 1. The molecule has 0 unspecified atom stereocenters. The maximum Gasteiger partial charge on any atom is 0.404 e. The molecule has 2 rings (SSSR count). The maximum atomic E-state index is 12.8. The first kappa shape index (κ1) is 14.7. The van der Waals surface area contributed by atoms with Crippen LogP contribution in [0.25, 0.3) is 0 Å². The van der Waals surface area contributed by atoms with Crippen LogP contribution in [-0.4, -0.2) is 19.3 Å². The van der Waals surface area contributed by atoms with Gasteiger partial charge in [0.25, 0.3) is 0 Å². The van der Waals surface area contributed by atoms with Crippen LogP contribution in [0.15, 0.2) is 24.3 Å². The van der Waals surface area contributed by atoms with Crippen molar-refractivity contribution < 1.29 is 17.9 Å². The standard InChI is InChI=1S/C15H16F3NO/c1-14(2,15(16,17)18)7-8-19-9-10-20-11-12-5-3-4-6-13(12)19/h3-6H,9-11H2,1-2H3. The Morgan fingerprint density at radius 2 is 1.90 bits per heavy atom. The molecule has 0 radical (unpaired) electrons. The van der Waals surface area contributed by atoms with E-state index in [1.165, 1.54) is 0 Å². The van der Waals surface area contributed by atoms with Crippen LogP contribution < -0.4 is 4.90 Å². The minimum atomic E-state index is -4.35. The SMILES string of the molecule is CC(C)(C#CN1CCOCc2ccccc21)C(F)(F)F. The average molecular weight is 283 g/mol. The normalized spacial score (nSPS) is 15.9. The number of rotatable bonds is 0. The summed E-state index contributed by atoms with van der Waals surface area (Å²) in [6, 6.07) is 10.1. The predicted octanol–water partition coefficient (Wildman–Crippen LogP) is 3.57. The van der Waals surface area contributed by atoms with Crippen LogP contribution in [0, 0.1) is 17.4 Å². The second kappa shape index (κ2) is 5.37. The van der Waals surface area contributed by atoms with Crippen LogP contribution in [-0.2, 0) is 11.3 Å². The van der Waals surface area contributed by atoms with Gasteiger partial charge in [-0.2, -0.15) is 13.2 Å². The van der Waals surface area contributed by atoms with Crippen molar-refractivity contribution in [2.75, 3.05) is 18.1 Å². The van der Waals surface area contributed by atoms with E-state index in [9.17, 15) is 13.2 Å². The molecule has 1 heterocycles. The molecule has 0 amide bonds. The van der Waals surface area contributed by atoms with Gasteiger partial charge in [-0.05, 0) is 19.9 Å². The molecule has 1 aliphatic heterocycles. The van der Waals surface area contributed by atoms with Crippen molar-refractivity contribution in [2.45, 2.75) is 26.6 Å². The van der Waals surface area contributed by atoms with Crippen LogP contribution in [0.2, 0.25) is 0 Å². The van der Waals surface area contributed by atoms with Crippen molar-refractivity contribution in [3.63, 3.8) is 0 Å². The molecule has 0 atom stereocenters. The van der Waals surface area contributed by atoms with Gasteiger partial charge in [0.15, 0.2) is 0 Å². The van der Waals surface area contributed by atoms with E-state index in [4.69, 9.17) is 4.74 Å². The maximum absolute atomic E-state index is 12.8. The van der Waals surface area contributed by atoms with Gasteiger partial charge in [-0.1, -0.05) is 24.1 Å². The number of anilines is 1. The molecule has 0 spiro atoms. The van der Waals surface area contributed by atoms with Gasteiger partial charge in [0.2, 0.25) is 0 Å². The third-order valence-corrected chi connectivity index (χ3v) is 3.21. The highest BCUT2D eigenvalue weighted by Crippen LogP contribution is 2.36. The number of hydrogen-bond acceptors (Lipinski definition) is 2. The molecule has 0 aliphatic carbocycles. The largest absolute Gasteiger partial charge is 0.404 e. The summed E-state index contributed by atoms with van der Waals surface area (Å²) in [5.41, 5.74) is -0.283. The Hall–Kier alpha value is -1.67. The van der Waals surface area contributed by atoms with Crippen molar-refractivity contribution in [1.29, 1.82) is 0 Å². The molecule has 0 saturated heterocycles. The first-order valence-electron chi connectivity index (χ1n) is 6.34. The van der Waals surface area contributed by atoms with E-state index < -0.39 is 11.6 Å². The second-order valence-electron chi connectivity index (χ2n) is 5.19. The summed E-state index contributed by atoms with van der Waals surface area (Å²) in [6.07, 6.45) is -4.35. The molecule has 1 aromatic rings. The Bertz CT molecular complexity index is 540. The van der Waals surface area contributed by atoms with Gasteiger partial charge in [-0.3, -0.25) is 4.90 Å². The topological polar surface area (TPSA) is 12.5 Å². The molecular formula is C15H16F3NO. The lowest BCUT2D eigenvalue weighted by molar-refractivity contribution is -0.190. The fourth-order valence-electron chi connectivity index (χ4n) is 1.75. The van der Waals surface area contributed by atoms with Crippen molar-refractivity contribution in [2.24, 2.45) is 5.41 Å². The smallest absolute Gasteiger partial charge is 0.375 e. The summed E-state index contributed by atoms with van der Waals surface area (Å²) in [5, 5.41) is 0. The number of alkyl halides is 3. The van der Waals surface area contributed by atoms with Crippen LogP contribution in [0.1, 0.15) is 19.4 Å². The van der Waals surface area contributed by atoms with Gasteiger partial charge >= 0.3 is 6.18 Å². The van der Waals surface area contributed by atoms with Crippen LogP contribution in [0.5, 0.6) is 0 Å². The minimum Gasteiger partial charge on any atom is -0.375 e. The lowest BCUT2D eigenvalue weighted by Crippen LogP contribution is -2.31. The molecule has 0 N–H and O–H groups in total. The highest BCUT2D eigenvalue weighted by atomic mass is 19.4. The quantitative estimate of drug-likeness (QED) is 0.675. The van der Waals surface area contributed by atoms with E-state index in [0.29, 0.717) is 19.8 Å². The summed E-state index contributed by atoms with van der Waals surface area (Å²) >= 11 is 0. The zero-order valence-corrected chi connectivity index (χ0v) is 11.4. The number of ether oxygens (including phenoxy) is 1. The number of benzene rings is 1. The Balaban J connectivity index is 2.31. The molecule has 20 heavy (non-hydrogen) atoms. The average Bonchev–Trinajstić information content (AvgIpc) is 2.57. The molecule has 0 saturated carbocycles. The summed E-state index contributed by atoms with van der Waals surface area (Å²) in [4.78, 5) is 1.63. The highest BCUT2D eigenvalue weighted by molar-refractivity contribution is 5.58.